The van der Waals surface area contributed by atoms with Crippen molar-refractivity contribution in [1.29, 1.82) is 0 Å². The highest BCUT2D eigenvalue weighted by molar-refractivity contribution is 5.82. The number of allylic oxidation sites excluding steroid dienone is 4. The van der Waals surface area contributed by atoms with Gasteiger partial charge in [0.2, 0.25) is 5.91 Å². The molecule has 0 spiro atoms. The molecule has 0 aliphatic carbocycles. The normalized spacial score (nSPS) is 12.8. The highest BCUT2D eigenvalue weighted by Gasteiger charge is 2.15. The smallest absolute Gasteiger partial charge is 0.242 e. The van der Waals surface area contributed by atoms with Crippen LogP contribution in [0.5, 0.6) is 0 Å². The maximum Gasteiger partial charge on any atom is 0.242 e. The maximum absolute atomic E-state index is 11.6. The summed E-state index contributed by atoms with van der Waals surface area (Å²) in [5, 5.41) is 5.45. The van der Waals surface area contributed by atoms with E-state index in [1.807, 2.05) is 0 Å². The first-order valence-electron chi connectivity index (χ1n) is 5.96. The molecular formula is C14H20N2O3. The molecule has 0 aliphatic heterocycles. The van der Waals surface area contributed by atoms with Crippen molar-refractivity contribution < 1.29 is 14.4 Å². The molecule has 0 saturated heterocycles. The Morgan fingerprint density at radius 1 is 1.37 bits per heavy atom. The number of amides is 1. The second kappa shape index (κ2) is 9.82. The van der Waals surface area contributed by atoms with Gasteiger partial charge in [-0.15, -0.1) is 0 Å². The summed E-state index contributed by atoms with van der Waals surface area (Å²) in [6, 6.07) is -0.497. The molecule has 0 aromatic rings. The van der Waals surface area contributed by atoms with Gasteiger partial charge < -0.3 is 15.4 Å². The Balaban J connectivity index is 4.49. The Morgan fingerprint density at radius 2 is 2.05 bits per heavy atom. The fourth-order valence-electron chi connectivity index (χ4n) is 1.30. The maximum atomic E-state index is 11.6. The fraction of sp³-hybridized carbons (Fsp3) is 0.357. The summed E-state index contributed by atoms with van der Waals surface area (Å²) in [5.41, 5.74) is 1.13. The van der Waals surface area contributed by atoms with Crippen LogP contribution in [0.15, 0.2) is 36.1 Å². The first kappa shape index (κ1) is 16.8. The third kappa shape index (κ3) is 7.70. The van der Waals surface area contributed by atoms with Gasteiger partial charge in [-0.2, -0.15) is 0 Å². The van der Waals surface area contributed by atoms with Gasteiger partial charge >= 0.3 is 0 Å². The van der Waals surface area contributed by atoms with Crippen molar-refractivity contribution in [1.82, 2.24) is 10.6 Å². The van der Waals surface area contributed by atoms with E-state index in [1.54, 1.807) is 25.2 Å². The molecule has 0 heterocycles. The van der Waals surface area contributed by atoms with E-state index in [1.165, 1.54) is 7.05 Å². The third-order valence-corrected chi connectivity index (χ3v) is 2.34. The van der Waals surface area contributed by atoms with Gasteiger partial charge in [0, 0.05) is 19.2 Å². The monoisotopic (exact) mass is 264 g/mol. The Bertz CT molecular complexity index is 397. The Labute approximate surface area is 113 Å². The number of carbonyl (C=O) groups excluding carboxylic acids is 3. The summed E-state index contributed by atoms with van der Waals surface area (Å²) >= 11 is 0. The van der Waals surface area contributed by atoms with E-state index in [0.717, 1.165) is 12.6 Å². The minimum Gasteiger partial charge on any atom is -0.374 e. The van der Waals surface area contributed by atoms with Gasteiger partial charge in [-0.1, -0.05) is 18.7 Å². The highest BCUT2D eigenvalue weighted by Crippen LogP contribution is 2.00. The fourth-order valence-corrected chi connectivity index (χ4v) is 1.30. The number of hydrogen-bond acceptors (Lipinski definition) is 4. The molecule has 5 nitrogen and oxygen atoms in total. The van der Waals surface area contributed by atoms with Crippen LogP contribution in [0, 0.1) is 0 Å². The number of rotatable bonds is 9. The largest absolute Gasteiger partial charge is 0.374 e. The molecule has 0 rings (SSSR count). The van der Waals surface area contributed by atoms with E-state index in [-0.39, 0.29) is 5.91 Å². The second-order valence-electron chi connectivity index (χ2n) is 3.97. The minimum atomic E-state index is -0.497. The predicted molar refractivity (Wildman–Crippen MR) is 74.4 cm³/mol. The Kier molecular flexibility index (Phi) is 8.70. The van der Waals surface area contributed by atoms with Crippen LogP contribution < -0.4 is 10.6 Å². The molecule has 5 heteroatoms. The van der Waals surface area contributed by atoms with Crippen LogP contribution in [-0.4, -0.2) is 31.6 Å². The van der Waals surface area contributed by atoms with Crippen molar-refractivity contribution in [2.75, 3.05) is 7.05 Å². The molecule has 2 N–H and O–H groups in total. The van der Waals surface area contributed by atoms with Crippen LogP contribution in [0.2, 0.25) is 0 Å². The first-order valence-corrected chi connectivity index (χ1v) is 5.96. The topological polar surface area (TPSA) is 75.3 Å². The number of aldehydes is 2. The van der Waals surface area contributed by atoms with E-state index in [0.29, 0.717) is 24.1 Å². The summed E-state index contributed by atoms with van der Waals surface area (Å²) in [6.07, 6.45) is 7.18. The number of hydrogen-bond donors (Lipinski definition) is 2. The highest BCUT2D eigenvalue weighted by atomic mass is 16.2. The second-order valence-corrected chi connectivity index (χ2v) is 3.97. The van der Waals surface area contributed by atoms with Gasteiger partial charge in [-0.05, 0) is 25.0 Å². The molecule has 0 bridgehead atoms. The molecule has 0 aliphatic rings. The van der Waals surface area contributed by atoms with Crippen LogP contribution in [-0.2, 0) is 14.4 Å². The van der Waals surface area contributed by atoms with Gasteiger partial charge in [-0.3, -0.25) is 9.59 Å². The summed E-state index contributed by atoms with van der Waals surface area (Å²) in [4.78, 5) is 32.3. The molecule has 0 fully saturated rings. The molecule has 0 saturated carbocycles. The number of nitrogens with one attached hydrogen (secondary N) is 2. The van der Waals surface area contributed by atoms with E-state index in [2.05, 4.69) is 17.2 Å². The molecular weight excluding hydrogens is 244 g/mol. The van der Waals surface area contributed by atoms with Crippen LogP contribution in [0.3, 0.4) is 0 Å². The molecule has 19 heavy (non-hydrogen) atoms. The van der Waals surface area contributed by atoms with Gasteiger partial charge in [0.1, 0.15) is 18.6 Å². The lowest BCUT2D eigenvalue weighted by molar-refractivity contribution is -0.122. The van der Waals surface area contributed by atoms with Crippen molar-refractivity contribution in [2.24, 2.45) is 0 Å². The average Bonchev–Trinajstić information content (AvgIpc) is 2.42. The average molecular weight is 264 g/mol. The van der Waals surface area contributed by atoms with Crippen LogP contribution in [0.4, 0.5) is 0 Å². The summed E-state index contributed by atoms with van der Waals surface area (Å²) < 4.78 is 0. The molecule has 1 atom stereocenters. The summed E-state index contributed by atoms with van der Waals surface area (Å²) in [5.74, 6) is -0.198. The first-order chi connectivity index (χ1) is 9.04. The zero-order chi connectivity index (χ0) is 14.7. The molecule has 0 aromatic heterocycles. The van der Waals surface area contributed by atoms with Gasteiger partial charge in [0.15, 0.2) is 0 Å². The number of carbonyl (C=O) groups is 3. The van der Waals surface area contributed by atoms with Crippen molar-refractivity contribution in [2.45, 2.75) is 25.8 Å². The van der Waals surface area contributed by atoms with Crippen LogP contribution in [0.1, 0.15) is 19.8 Å². The lowest BCUT2D eigenvalue weighted by atomic mass is 10.1. The standard InChI is InChI=1S/C14H20N2O3/c1-11(10-18)6-4-7-12(2)16-13(8-5-9-17)14(19)15-3/h4,6-7,9-10,13,16H,2,5,8H2,1,3H3,(H,15,19)/b7-4-,11-6+. The van der Waals surface area contributed by atoms with Crippen molar-refractivity contribution in [3.05, 3.63) is 36.1 Å². The zero-order valence-electron chi connectivity index (χ0n) is 11.3. The quantitative estimate of drug-likeness (QED) is 0.368. The lowest BCUT2D eigenvalue weighted by Gasteiger charge is -2.17. The molecule has 0 radical (unpaired) electrons. The van der Waals surface area contributed by atoms with Crippen molar-refractivity contribution in [3.8, 4) is 0 Å². The van der Waals surface area contributed by atoms with Crippen LogP contribution >= 0.6 is 0 Å². The Morgan fingerprint density at radius 3 is 2.58 bits per heavy atom. The summed E-state index contributed by atoms with van der Waals surface area (Å²) in [6.45, 7) is 5.44. The van der Waals surface area contributed by atoms with E-state index in [4.69, 9.17) is 0 Å². The van der Waals surface area contributed by atoms with Crippen molar-refractivity contribution >= 4 is 18.5 Å². The van der Waals surface area contributed by atoms with E-state index in [9.17, 15) is 14.4 Å². The zero-order valence-corrected chi connectivity index (χ0v) is 11.3. The van der Waals surface area contributed by atoms with Crippen LogP contribution in [0.25, 0.3) is 0 Å². The molecule has 104 valence electrons. The third-order valence-electron chi connectivity index (χ3n) is 2.34. The minimum absolute atomic E-state index is 0.198. The van der Waals surface area contributed by atoms with Gasteiger partial charge in [0.25, 0.3) is 0 Å². The predicted octanol–water partition coefficient (Wildman–Crippen LogP) is 0.885. The van der Waals surface area contributed by atoms with Gasteiger partial charge in [-0.25, -0.2) is 0 Å². The summed E-state index contributed by atoms with van der Waals surface area (Å²) in [7, 11) is 1.53. The SMILES string of the molecule is C=C(/C=C\C=C(/C)C=O)NC(CCC=O)C(=O)NC. The number of likely N-dealkylation sites (N-methyl/N-ethyl adjacent to an activating group) is 1. The molecule has 0 aromatic carbocycles. The lowest BCUT2D eigenvalue weighted by Crippen LogP contribution is -2.42. The van der Waals surface area contributed by atoms with Gasteiger partial charge in [0.05, 0.1) is 0 Å². The van der Waals surface area contributed by atoms with E-state index >= 15 is 0 Å². The van der Waals surface area contributed by atoms with Crippen molar-refractivity contribution in [3.63, 3.8) is 0 Å². The van der Waals surface area contributed by atoms with E-state index < -0.39 is 6.04 Å². The molecule has 1 unspecified atom stereocenters. The molecule has 1 amide bonds. The Hall–Kier alpha value is -2.17.